The van der Waals surface area contributed by atoms with Gasteiger partial charge in [-0.25, -0.2) is 4.39 Å². The van der Waals surface area contributed by atoms with E-state index >= 15 is 0 Å². The highest BCUT2D eigenvalue weighted by molar-refractivity contribution is 5.81. The molecule has 18 heavy (non-hydrogen) atoms. The van der Waals surface area contributed by atoms with E-state index in [4.69, 9.17) is 0 Å². The van der Waals surface area contributed by atoms with Crippen LogP contribution in [0.5, 0.6) is 5.75 Å². The van der Waals surface area contributed by atoms with Crippen LogP contribution in [0.4, 0.5) is 4.39 Å². The lowest BCUT2D eigenvalue weighted by Crippen LogP contribution is -1.82. The molecule has 0 bridgehead atoms. The monoisotopic (exact) mass is 242 g/mol. The number of halogens is 1. The van der Waals surface area contributed by atoms with E-state index in [0.717, 1.165) is 11.1 Å². The topological polar surface area (TPSA) is 37.3 Å². The van der Waals surface area contributed by atoms with Crippen molar-refractivity contribution in [1.82, 2.24) is 0 Å². The minimum atomic E-state index is -0.295. The Morgan fingerprint density at radius 1 is 1.00 bits per heavy atom. The normalized spacial score (nSPS) is 10.7. The molecule has 2 rings (SSSR count). The second kappa shape index (κ2) is 5.27. The van der Waals surface area contributed by atoms with Gasteiger partial charge in [0.05, 0.1) is 5.56 Å². The molecule has 0 atom stereocenters. The SMILES string of the molecule is O=Cc1cc(C=Cc2cccc(F)c2)ccc1O. The van der Waals surface area contributed by atoms with E-state index in [9.17, 15) is 14.3 Å². The van der Waals surface area contributed by atoms with Gasteiger partial charge < -0.3 is 5.11 Å². The Hall–Kier alpha value is -2.42. The molecule has 1 N–H and O–H groups in total. The van der Waals surface area contributed by atoms with Crippen LogP contribution in [-0.4, -0.2) is 11.4 Å². The lowest BCUT2D eigenvalue weighted by atomic mass is 10.1. The number of phenolic OH excluding ortho intramolecular Hbond substituents is 1. The lowest BCUT2D eigenvalue weighted by Gasteiger charge is -1.99. The number of aldehydes is 1. The summed E-state index contributed by atoms with van der Waals surface area (Å²) in [6, 6.07) is 10.9. The standard InChI is InChI=1S/C15H11FO2/c16-14-3-1-2-11(9-14)4-5-12-6-7-15(18)13(8-12)10-17/h1-10,18H. The summed E-state index contributed by atoms with van der Waals surface area (Å²) in [5.41, 5.74) is 1.73. The highest BCUT2D eigenvalue weighted by Crippen LogP contribution is 2.18. The Labute approximate surface area is 104 Å². The average molecular weight is 242 g/mol. The molecule has 0 saturated heterocycles. The fourth-order valence-electron chi connectivity index (χ4n) is 1.57. The van der Waals surface area contributed by atoms with Crippen LogP contribution in [0.1, 0.15) is 21.5 Å². The third-order valence-electron chi connectivity index (χ3n) is 2.50. The van der Waals surface area contributed by atoms with Crippen molar-refractivity contribution in [3.05, 3.63) is 65.0 Å². The predicted molar refractivity (Wildman–Crippen MR) is 68.8 cm³/mol. The third-order valence-corrected chi connectivity index (χ3v) is 2.50. The highest BCUT2D eigenvalue weighted by atomic mass is 19.1. The largest absolute Gasteiger partial charge is 0.507 e. The number of phenols is 1. The maximum absolute atomic E-state index is 13.0. The molecule has 2 nitrogen and oxygen atoms in total. The van der Waals surface area contributed by atoms with Gasteiger partial charge in [0.25, 0.3) is 0 Å². The van der Waals surface area contributed by atoms with Crippen molar-refractivity contribution in [1.29, 1.82) is 0 Å². The number of benzene rings is 2. The summed E-state index contributed by atoms with van der Waals surface area (Å²) in [6.45, 7) is 0. The van der Waals surface area contributed by atoms with Crippen LogP contribution in [0.2, 0.25) is 0 Å². The number of aromatic hydroxyl groups is 1. The van der Waals surface area contributed by atoms with E-state index in [-0.39, 0.29) is 17.1 Å². The molecule has 90 valence electrons. The third kappa shape index (κ3) is 2.83. The van der Waals surface area contributed by atoms with E-state index in [1.165, 1.54) is 18.2 Å². The summed E-state index contributed by atoms with van der Waals surface area (Å²) in [7, 11) is 0. The first-order valence-electron chi connectivity index (χ1n) is 5.41. The molecule has 0 radical (unpaired) electrons. The molecular weight excluding hydrogens is 231 g/mol. The van der Waals surface area contributed by atoms with Crippen LogP contribution < -0.4 is 0 Å². The van der Waals surface area contributed by atoms with Crippen LogP contribution >= 0.6 is 0 Å². The maximum atomic E-state index is 13.0. The van der Waals surface area contributed by atoms with Gasteiger partial charge in [-0.1, -0.05) is 30.4 Å². The molecule has 3 heteroatoms. The zero-order valence-corrected chi connectivity index (χ0v) is 9.51. The predicted octanol–water partition coefficient (Wildman–Crippen LogP) is 3.51. The number of carbonyl (C=O) groups is 1. The van der Waals surface area contributed by atoms with Crippen LogP contribution in [0.25, 0.3) is 12.2 Å². The Balaban J connectivity index is 2.26. The Morgan fingerprint density at radius 3 is 2.39 bits per heavy atom. The van der Waals surface area contributed by atoms with E-state index in [1.807, 2.05) is 0 Å². The molecule has 0 aliphatic carbocycles. The Kier molecular flexibility index (Phi) is 3.53. The van der Waals surface area contributed by atoms with Crippen molar-refractivity contribution < 1.29 is 14.3 Å². The van der Waals surface area contributed by atoms with Crippen molar-refractivity contribution in [3.8, 4) is 5.75 Å². The number of carbonyl (C=O) groups excluding carboxylic acids is 1. The summed E-state index contributed by atoms with van der Waals surface area (Å²) in [5.74, 6) is -0.343. The van der Waals surface area contributed by atoms with Gasteiger partial charge in [-0.05, 0) is 35.4 Å². The van der Waals surface area contributed by atoms with E-state index in [0.29, 0.717) is 6.29 Å². The summed E-state index contributed by atoms with van der Waals surface area (Å²) in [6.07, 6.45) is 4.08. The molecule has 2 aromatic carbocycles. The number of hydrogen-bond acceptors (Lipinski definition) is 2. The van der Waals surface area contributed by atoms with E-state index in [2.05, 4.69) is 0 Å². The van der Waals surface area contributed by atoms with Gasteiger partial charge in [-0.3, -0.25) is 4.79 Å². The second-order valence-electron chi connectivity index (χ2n) is 3.82. The molecule has 0 aliphatic heterocycles. The Bertz CT molecular complexity index is 603. The second-order valence-corrected chi connectivity index (χ2v) is 3.82. The Morgan fingerprint density at radius 2 is 1.72 bits per heavy atom. The van der Waals surface area contributed by atoms with Crippen molar-refractivity contribution in [2.24, 2.45) is 0 Å². The van der Waals surface area contributed by atoms with Gasteiger partial charge in [0.2, 0.25) is 0 Å². The van der Waals surface area contributed by atoms with Gasteiger partial charge in [0.1, 0.15) is 11.6 Å². The first kappa shape index (κ1) is 12.0. The molecule has 2 aromatic rings. The fourth-order valence-corrected chi connectivity index (χ4v) is 1.57. The molecule has 0 heterocycles. The van der Waals surface area contributed by atoms with Crippen molar-refractivity contribution in [2.45, 2.75) is 0 Å². The summed E-state index contributed by atoms with van der Waals surface area (Å²) >= 11 is 0. The molecule has 0 amide bonds. The number of rotatable bonds is 3. The van der Waals surface area contributed by atoms with Gasteiger partial charge in [0, 0.05) is 0 Å². The van der Waals surface area contributed by atoms with Gasteiger partial charge >= 0.3 is 0 Å². The van der Waals surface area contributed by atoms with Crippen LogP contribution in [-0.2, 0) is 0 Å². The molecule has 0 aromatic heterocycles. The first-order chi connectivity index (χ1) is 8.69. The maximum Gasteiger partial charge on any atom is 0.153 e. The van der Waals surface area contributed by atoms with Crippen molar-refractivity contribution in [2.75, 3.05) is 0 Å². The van der Waals surface area contributed by atoms with Crippen LogP contribution in [0.15, 0.2) is 42.5 Å². The van der Waals surface area contributed by atoms with Gasteiger partial charge in [0.15, 0.2) is 6.29 Å². The van der Waals surface area contributed by atoms with Crippen LogP contribution in [0.3, 0.4) is 0 Å². The summed E-state index contributed by atoms with van der Waals surface area (Å²) < 4.78 is 13.0. The molecule has 0 spiro atoms. The van der Waals surface area contributed by atoms with E-state index < -0.39 is 0 Å². The van der Waals surface area contributed by atoms with Crippen molar-refractivity contribution in [3.63, 3.8) is 0 Å². The van der Waals surface area contributed by atoms with Crippen molar-refractivity contribution >= 4 is 18.4 Å². The van der Waals surface area contributed by atoms with E-state index in [1.54, 1.807) is 36.4 Å². The zero-order chi connectivity index (χ0) is 13.0. The van der Waals surface area contributed by atoms with Gasteiger partial charge in [-0.15, -0.1) is 0 Å². The molecule has 0 fully saturated rings. The highest BCUT2D eigenvalue weighted by Gasteiger charge is 1.99. The minimum Gasteiger partial charge on any atom is -0.507 e. The fraction of sp³-hybridized carbons (Fsp3) is 0. The van der Waals surface area contributed by atoms with Gasteiger partial charge in [-0.2, -0.15) is 0 Å². The molecule has 0 unspecified atom stereocenters. The number of hydrogen-bond donors (Lipinski definition) is 1. The zero-order valence-electron chi connectivity index (χ0n) is 9.51. The molecule has 0 aliphatic rings. The smallest absolute Gasteiger partial charge is 0.153 e. The van der Waals surface area contributed by atoms with Crippen LogP contribution in [0, 0.1) is 5.82 Å². The molecular formula is C15H11FO2. The lowest BCUT2D eigenvalue weighted by molar-refractivity contribution is 0.112. The summed E-state index contributed by atoms with van der Waals surface area (Å²) in [5, 5.41) is 9.35. The average Bonchev–Trinajstić information content (AvgIpc) is 2.38. The first-order valence-corrected chi connectivity index (χ1v) is 5.41. The molecule has 0 saturated carbocycles. The summed E-state index contributed by atoms with van der Waals surface area (Å²) in [4.78, 5) is 10.7. The quantitative estimate of drug-likeness (QED) is 0.660. The minimum absolute atomic E-state index is 0.0482.